The molecule has 1 aromatic heterocycles. The first-order valence-electron chi connectivity index (χ1n) is 7.45. The summed E-state index contributed by atoms with van der Waals surface area (Å²) in [4.78, 5) is 9.05. The molecule has 1 heterocycles. The Kier molecular flexibility index (Phi) is 4.78. The maximum atomic E-state index is 4.57. The lowest BCUT2D eigenvalue weighted by molar-refractivity contribution is 0.758. The van der Waals surface area contributed by atoms with Crippen LogP contribution in [0.4, 0.5) is 17.5 Å². The van der Waals surface area contributed by atoms with Gasteiger partial charge in [-0.3, -0.25) is 0 Å². The Balaban J connectivity index is 2.28. The minimum Gasteiger partial charge on any atom is -0.367 e. The molecule has 4 heteroatoms. The quantitative estimate of drug-likeness (QED) is 0.856. The molecule has 2 N–H and O–H groups in total. The SMILES string of the molecule is CCC(C)Nc1cc(C)nc(Nc2c(C)cccc2C)n1. The largest absolute Gasteiger partial charge is 0.367 e. The summed E-state index contributed by atoms with van der Waals surface area (Å²) in [5.74, 6) is 1.50. The van der Waals surface area contributed by atoms with Crippen molar-refractivity contribution in [1.29, 1.82) is 0 Å². The van der Waals surface area contributed by atoms with Gasteiger partial charge in [0.2, 0.25) is 5.95 Å². The number of rotatable bonds is 5. The van der Waals surface area contributed by atoms with Gasteiger partial charge >= 0.3 is 0 Å². The average molecular weight is 284 g/mol. The van der Waals surface area contributed by atoms with Gasteiger partial charge in [0.15, 0.2) is 0 Å². The predicted molar refractivity (Wildman–Crippen MR) is 89.3 cm³/mol. The summed E-state index contributed by atoms with van der Waals surface area (Å²) in [5, 5.41) is 6.75. The lowest BCUT2D eigenvalue weighted by Crippen LogP contribution is -2.15. The first kappa shape index (κ1) is 15.3. The van der Waals surface area contributed by atoms with Crippen molar-refractivity contribution < 1.29 is 0 Å². The van der Waals surface area contributed by atoms with E-state index in [0.29, 0.717) is 12.0 Å². The van der Waals surface area contributed by atoms with E-state index in [9.17, 15) is 0 Å². The molecule has 0 fully saturated rings. The second-order valence-electron chi connectivity index (χ2n) is 5.56. The van der Waals surface area contributed by atoms with Crippen LogP contribution in [0.15, 0.2) is 24.3 Å². The number of aryl methyl sites for hydroxylation is 3. The number of nitrogens with one attached hydrogen (secondary N) is 2. The van der Waals surface area contributed by atoms with Crippen LogP contribution in [-0.4, -0.2) is 16.0 Å². The van der Waals surface area contributed by atoms with E-state index in [2.05, 4.69) is 66.5 Å². The van der Waals surface area contributed by atoms with E-state index in [1.54, 1.807) is 0 Å². The summed E-state index contributed by atoms with van der Waals surface area (Å²) in [5.41, 5.74) is 4.41. The maximum Gasteiger partial charge on any atom is 0.229 e. The third kappa shape index (κ3) is 3.94. The lowest BCUT2D eigenvalue weighted by atomic mass is 10.1. The Bertz CT molecular complexity index is 602. The van der Waals surface area contributed by atoms with E-state index in [4.69, 9.17) is 0 Å². The fourth-order valence-electron chi connectivity index (χ4n) is 2.18. The summed E-state index contributed by atoms with van der Waals surface area (Å²) in [7, 11) is 0. The Morgan fingerprint density at radius 1 is 1.10 bits per heavy atom. The molecule has 0 aliphatic carbocycles. The van der Waals surface area contributed by atoms with Crippen molar-refractivity contribution in [3.63, 3.8) is 0 Å². The highest BCUT2D eigenvalue weighted by atomic mass is 15.1. The number of aromatic nitrogens is 2. The van der Waals surface area contributed by atoms with Crippen molar-refractivity contribution in [1.82, 2.24) is 9.97 Å². The zero-order valence-electron chi connectivity index (χ0n) is 13.5. The smallest absolute Gasteiger partial charge is 0.229 e. The van der Waals surface area contributed by atoms with Gasteiger partial charge in [0.1, 0.15) is 5.82 Å². The van der Waals surface area contributed by atoms with Crippen molar-refractivity contribution in [3.8, 4) is 0 Å². The monoisotopic (exact) mass is 284 g/mol. The van der Waals surface area contributed by atoms with Gasteiger partial charge in [-0.2, -0.15) is 4.98 Å². The molecular weight excluding hydrogens is 260 g/mol. The van der Waals surface area contributed by atoms with Crippen LogP contribution in [0.1, 0.15) is 37.1 Å². The Hall–Kier alpha value is -2.10. The summed E-state index contributed by atoms with van der Waals surface area (Å²) < 4.78 is 0. The van der Waals surface area contributed by atoms with E-state index in [1.165, 1.54) is 11.1 Å². The number of hydrogen-bond donors (Lipinski definition) is 2. The first-order chi connectivity index (χ1) is 9.99. The molecule has 0 saturated carbocycles. The van der Waals surface area contributed by atoms with Crippen LogP contribution in [-0.2, 0) is 0 Å². The first-order valence-corrected chi connectivity index (χ1v) is 7.45. The topological polar surface area (TPSA) is 49.8 Å². The zero-order chi connectivity index (χ0) is 15.4. The molecule has 1 unspecified atom stereocenters. The van der Waals surface area contributed by atoms with Gasteiger partial charge in [-0.1, -0.05) is 25.1 Å². The van der Waals surface area contributed by atoms with Crippen LogP contribution in [0.5, 0.6) is 0 Å². The molecule has 112 valence electrons. The molecule has 0 radical (unpaired) electrons. The van der Waals surface area contributed by atoms with E-state index < -0.39 is 0 Å². The predicted octanol–water partition coefficient (Wildman–Crippen LogP) is 4.36. The zero-order valence-corrected chi connectivity index (χ0v) is 13.5. The van der Waals surface area contributed by atoms with Crippen LogP contribution in [0.3, 0.4) is 0 Å². The van der Waals surface area contributed by atoms with Gasteiger partial charge in [-0.25, -0.2) is 4.98 Å². The summed E-state index contributed by atoms with van der Waals surface area (Å²) >= 11 is 0. The number of benzene rings is 1. The molecule has 2 aromatic rings. The van der Waals surface area contributed by atoms with Crippen LogP contribution in [0.2, 0.25) is 0 Å². The number of anilines is 3. The minimum atomic E-state index is 0.396. The van der Waals surface area contributed by atoms with Gasteiger partial charge in [0.25, 0.3) is 0 Å². The second-order valence-corrected chi connectivity index (χ2v) is 5.56. The molecule has 1 aromatic carbocycles. The molecule has 0 spiro atoms. The fourth-order valence-corrected chi connectivity index (χ4v) is 2.18. The summed E-state index contributed by atoms with van der Waals surface area (Å²) in [6.07, 6.45) is 1.06. The standard InChI is InChI=1S/C17H24N4/c1-6-13(4)18-15-10-14(5)19-17(20-15)21-16-11(2)8-7-9-12(16)3/h7-10,13H,6H2,1-5H3,(H2,18,19,20,21). The highest BCUT2D eigenvalue weighted by molar-refractivity contribution is 5.63. The van der Waals surface area contributed by atoms with Gasteiger partial charge in [-0.05, 0) is 45.2 Å². The second kappa shape index (κ2) is 6.57. The number of nitrogens with zero attached hydrogens (tertiary/aromatic N) is 2. The number of para-hydroxylation sites is 1. The van der Waals surface area contributed by atoms with E-state index in [1.807, 2.05) is 13.0 Å². The highest BCUT2D eigenvalue weighted by Crippen LogP contribution is 2.23. The van der Waals surface area contributed by atoms with Crippen molar-refractivity contribution in [2.45, 2.75) is 47.1 Å². The third-order valence-electron chi connectivity index (χ3n) is 3.58. The molecule has 2 rings (SSSR count). The van der Waals surface area contributed by atoms with Crippen LogP contribution < -0.4 is 10.6 Å². The Labute approximate surface area is 127 Å². The van der Waals surface area contributed by atoms with Crippen LogP contribution >= 0.6 is 0 Å². The fraction of sp³-hybridized carbons (Fsp3) is 0.412. The minimum absolute atomic E-state index is 0.396. The third-order valence-corrected chi connectivity index (χ3v) is 3.58. The number of hydrogen-bond acceptors (Lipinski definition) is 4. The van der Waals surface area contributed by atoms with Crippen LogP contribution in [0, 0.1) is 20.8 Å². The molecule has 21 heavy (non-hydrogen) atoms. The van der Waals surface area contributed by atoms with Crippen LogP contribution in [0.25, 0.3) is 0 Å². The molecular formula is C17H24N4. The van der Waals surface area contributed by atoms with Crippen molar-refractivity contribution in [3.05, 3.63) is 41.1 Å². The Morgan fingerprint density at radius 2 is 1.76 bits per heavy atom. The van der Waals surface area contributed by atoms with Gasteiger partial charge < -0.3 is 10.6 Å². The molecule has 0 amide bonds. The molecule has 4 nitrogen and oxygen atoms in total. The maximum absolute atomic E-state index is 4.57. The molecule has 0 saturated heterocycles. The Morgan fingerprint density at radius 3 is 2.38 bits per heavy atom. The van der Waals surface area contributed by atoms with E-state index >= 15 is 0 Å². The summed E-state index contributed by atoms with van der Waals surface area (Å²) in [6.45, 7) is 10.5. The van der Waals surface area contributed by atoms with E-state index in [0.717, 1.165) is 23.6 Å². The van der Waals surface area contributed by atoms with Gasteiger partial charge in [-0.15, -0.1) is 0 Å². The molecule has 0 bridgehead atoms. The molecule has 0 aliphatic heterocycles. The van der Waals surface area contributed by atoms with Gasteiger partial charge in [0, 0.05) is 23.5 Å². The normalized spacial score (nSPS) is 12.0. The van der Waals surface area contributed by atoms with Crippen molar-refractivity contribution >= 4 is 17.5 Å². The average Bonchev–Trinajstić information content (AvgIpc) is 2.42. The molecule has 1 atom stereocenters. The molecule has 0 aliphatic rings. The van der Waals surface area contributed by atoms with Crippen molar-refractivity contribution in [2.75, 3.05) is 10.6 Å². The summed E-state index contributed by atoms with van der Waals surface area (Å²) in [6, 6.07) is 8.60. The van der Waals surface area contributed by atoms with E-state index in [-0.39, 0.29) is 0 Å². The van der Waals surface area contributed by atoms with Crippen molar-refractivity contribution in [2.24, 2.45) is 0 Å². The lowest BCUT2D eigenvalue weighted by Gasteiger charge is -2.15. The highest BCUT2D eigenvalue weighted by Gasteiger charge is 2.08. The van der Waals surface area contributed by atoms with Gasteiger partial charge in [0.05, 0.1) is 0 Å².